The molecule has 2 aromatic carbocycles. The zero-order valence-electron chi connectivity index (χ0n) is 15.4. The molecule has 2 amide bonds. The van der Waals surface area contributed by atoms with Crippen LogP contribution in [0.1, 0.15) is 29.3 Å². The monoisotopic (exact) mass is 380 g/mol. The van der Waals surface area contributed by atoms with Crippen molar-refractivity contribution >= 4 is 23.3 Å². The lowest BCUT2D eigenvalue weighted by molar-refractivity contribution is -0.125. The summed E-state index contributed by atoms with van der Waals surface area (Å²) in [5.41, 5.74) is 2.11. The van der Waals surface area contributed by atoms with Gasteiger partial charge >= 0.3 is 0 Å². The predicted octanol–water partition coefficient (Wildman–Crippen LogP) is 2.51. The van der Waals surface area contributed by atoms with Crippen LogP contribution in [0, 0.1) is 11.8 Å². The molecule has 2 aromatic rings. The summed E-state index contributed by atoms with van der Waals surface area (Å²) in [6.07, 6.45) is 0.532. The minimum atomic E-state index is -0.329. The van der Waals surface area contributed by atoms with E-state index in [2.05, 4.69) is 10.6 Å². The zero-order chi connectivity index (χ0) is 19.7. The molecular weight excluding hydrogens is 360 g/mol. The van der Waals surface area contributed by atoms with Gasteiger partial charge < -0.3 is 20.1 Å². The minimum Gasteiger partial charge on any atom is -0.454 e. The standard InChI is InChI=1S/C21H20N2O5/c1-12(24)14-3-5-15(6-4-14)23-21(26)17-9-16(17)20(25)22-10-13-2-7-18-19(8-13)28-11-27-18/h2-8,16-17H,9-11H2,1H3,(H,22,25)(H,23,26). The molecule has 7 heteroatoms. The predicted molar refractivity (Wildman–Crippen MR) is 101 cm³/mol. The molecule has 0 aromatic heterocycles. The normalized spacial score (nSPS) is 19.0. The molecule has 0 saturated heterocycles. The van der Waals surface area contributed by atoms with E-state index in [1.165, 1.54) is 6.92 Å². The molecule has 0 spiro atoms. The quantitative estimate of drug-likeness (QED) is 0.751. The lowest BCUT2D eigenvalue weighted by Gasteiger charge is -2.07. The first-order chi connectivity index (χ1) is 13.5. The van der Waals surface area contributed by atoms with Gasteiger partial charge in [0.05, 0.1) is 11.8 Å². The summed E-state index contributed by atoms with van der Waals surface area (Å²) in [5.74, 6) is 0.383. The number of Topliss-reactive ketones (excluding diaryl/α,β-unsaturated/α-hetero) is 1. The number of ether oxygens (including phenoxy) is 2. The maximum Gasteiger partial charge on any atom is 0.231 e. The summed E-state index contributed by atoms with van der Waals surface area (Å²) in [6.45, 7) is 2.07. The molecule has 144 valence electrons. The van der Waals surface area contributed by atoms with Crippen LogP contribution in [0.5, 0.6) is 11.5 Å². The van der Waals surface area contributed by atoms with Crippen LogP contribution in [0.15, 0.2) is 42.5 Å². The molecular formula is C21H20N2O5. The summed E-state index contributed by atoms with van der Waals surface area (Å²) in [5, 5.41) is 5.66. The van der Waals surface area contributed by atoms with Crippen molar-refractivity contribution in [1.82, 2.24) is 5.32 Å². The Morgan fingerprint density at radius 1 is 0.964 bits per heavy atom. The first-order valence-electron chi connectivity index (χ1n) is 9.09. The third kappa shape index (κ3) is 3.83. The number of carbonyl (C=O) groups is 3. The van der Waals surface area contributed by atoms with Gasteiger partial charge in [0.1, 0.15) is 0 Å². The Bertz CT molecular complexity index is 938. The first kappa shape index (κ1) is 18.0. The van der Waals surface area contributed by atoms with Gasteiger partial charge in [-0.05, 0) is 55.3 Å². The van der Waals surface area contributed by atoms with Crippen LogP contribution in [0.2, 0.25) is 0 Å². The molecule has 1 heterocycles. The molecule has 2 unspecified atom stereocenters. The van der Waals surface area contributed by atoms with Crippen molar-refractivity contribution in [2.45, 2.75) is 19.9 Å². The Morgan fingerprint density at radius 3 is 2.43 bits per heavy atom. The van der Waals surface area contributed by atoms with Crippen molar-refractivity contribution < 1.29 is 23.9 Å². The smallest absolute Gasteiger partial charge is 0.231 e. The summed E-state index contributed by atoms with van der Waals surface area (Å²) in [6, 6.07) is 12.2. The second kappa shape index (κ2) is 7.34. The molecule has 2 atom stereocenters. The van der Waals surface area contributed by atoms with Crippen molar-refractivity contribution in [3.8, 4) is 11.5 Å². The van der Waals surface area contributed by atoms with E-state index < -0.39 is 0 Å². The Morgan fingerprint density at radius 2 is 1.68 bits per heavy atom. The van der Waals surface area contributed by atoms with E-state index >= 15 is 0 Å². The van der Waals surface area contributed by atoms with Gasteiger partial charge in [0.25, 0.3) is 0 Å². The Hall–Kier alpha value is -3.35. The maximum absolute atomic E-state index is 12.3. The van der Waals surface area contributed by atoms with Gasteiger partial charge in [-0.1, -0.05) is 6.07 Å². The zero-order valence-corrected chi connectivity index (χ0v) is 15.4. The highest BCUT2D eigenvalue weighted by atomic mass is 16.7. The summed E-state index contributed by atoms with van der Waals surface area (Å²) < 4.78 is 10.6. The highest BCUT2D eigenvalue weighted by Gasteiger charge is 2.47. The number of anilines is 1. The molecule has 1 aliphatic heterocycles. The number of nitrogens with one attached hydrogen (secondary N) is 2. The third-order valence-corrected chi connectivity index (χ3v) is 4.93. The number of ketones is 1. The average Bonchev–Trinajstić information content (AvgIpc) is 3.37. The minimum absolute atomic E-state index is 0.0285. The Labute approximate surface area is 162 Å². The van der Waals surface area contributed by atoms with Crippen molar-refractivity contribution in [2.24, 2.45) is 11.8 Å². The van der Waals surface area contributed by atoms with Crippen LogP contribution in [-0.2, 0) is 16.1 Å². The van der Waals surface area contributed by atoms with Gasteiger partial charge in [0, 0.05) is 17.8 Å². The van der Waals surface area contributed by atoms with Crippen molar-refractivity contribution in [2.75, 3.05) is 12.1 Å². The fraction of sp³-hybridized carbons (Fsp3) is 0.286. The summed E-state index contributed by atoms with van der Waals surface area (Å²) in [7, 11) is 0. The molecule has 2 N–H and O–H groups in total. The molecule has 28 heavy (non-hydrogen) atoms. The van der Waals surface area contributed by atoms with Crippen LogP contribution in [0.25, 0.3) is 0 Å². The van der Waals surface area contributed by atoms with E-state index in [4.69, 9.17) is 9.47 Å². The van der Waals surface area contributed by atoms with Gasteiger partial charge in [-0.25, -0.2) is 0 Å². The molecule has 0 bridgehead atoms. The van der Waals surface area contributed by atoms with Gasteiger partial charge in [0.2, 0.25) is 18.6 Å². The molecule has 0 radical (unpaired) electrons. The van der Waals surface area contributed by atoms with Crippen LogP contribution in [0.4, 0.5) is 5.69 Å². The topological polar surface area (TPSA) is 93.7 Å². The molecule has 2 aliphatic rings. The van der Waals surface area contributed by atoms with Crippen LogP contribution < -0.4 is 20.1 Å². The maximum atomic E-state index is 12.3. The number of hydrogen-bond donors (Lipinski definition) is 2. The number of amides is 2. The van der Waals surface area contributed by atoms with Crippen molar-refractivity contribution in [1.29, 1.82) is 0 Å². The Balaban J connectivity index is 1.26. The van der Waals surface area contributed by atoms with Crippen LogP contribution in [0.3, 0.4) is 0 Å². The number of benzene rings is 2. The van der Waals surface area contributed by atoms with Crippen LogP contribution in [-0.4, -0.2) is 24.4 Å². The third-order valence-electron chi connectivity index (χ3n) is 4.93. The highest BCUT2D eigenvalue weighted by molar-refractivity contribution is 6.00. The van der Waals surface area contributed by atoms with E-state index in [1.54, 1.807) is 24.3 Å². The largest absolute Gasteiger partial charge is 0.454 e. The lowest BCUT2D eigenvalue weighted by Crippen LogP contribution is -2.27. The van der Waals surface area contributed by atoms with Crippen molar-refractivity contribution in [3.05, 3.63) is 53.6 Å². The summed E-state index contributed by atoms with van der Waals surface area (Å²) >= 11 is 0. The highest BCUT2D eigenvalue weighted by Crippen LogP contribution is 2.39. The van der Waals surface area contributed by atoms with E-state index in [1.807, 2.05) is 18.2 Å². The number of hydrogen-bond acceptors (Lipinski definition) is 5. The molecule has 1 aliphatic carbocycles. The average molecular weight is 380 g/mol. The first-order valence-corrected chi connectivity index (χ1v) is 9.09. The second-order valence-corrected chi connectivity index (χ2v) is 6.98. The number of carbonyl (C=O) groups excluding carboxylic acids is 3. The fourth-order valence-electron chi connectivity index (χ4n) is 3.17. The van der Waals surface area contributed by atoms with Gasteiger partial charge in [-0.3, -0.25) is 14.4 Å². The molecule has 7 nitrogen and oxygen atoms in total. The Kier molecular flexibility index (Phi) is 4.73. The van der Waals surface area contributed by atoms with E-state index in [0.29, 0.717) is 35.7 Å². The van der Waals surface area contributed by atoms with E-state index in [0.717, 1.165) is 5.56 Å². The molecule has 1 fully saturated rings. The summed E-state index contributed by atoms with van der Waals surface area (Å²) in [4.78, 5) is 35.9. The van der Waals surface area contributed by atoms with Crippen LogP contribution >= 0.6 is 0 Å². The number of fused-ring (bicyclic) bond motifs is 1. The number of rotatable bonds is 6. The molecule has 1 saturated carbocycles. The van der Waals surface area contributed by atoms with E-state index in [9.17, 15) is 14.4 Å². The SMILES string of the molecule is CC(=O)c1ccc(NC(=O)C2CC2C(=O)NCc2ccc3c(c2)OCO3)cc1. The van der Waals surface area contributed by atoms with E-state index in [-0.39, 0.29) is 36.2 Å². The van der Waals surface area contributed by atoms with Crippen molar-refractivity contribution in [3.63, 3.8) is 0 Å². The lowest BCUT2D eigenvalue weighted by atomic mass is 10.1. The van der Waals surface area contributed by atoms with Gasteiger partial charge in [-0.2, -0.15) is 0 Å². The fourth-order valence-corrected chi connectivity index (χ4v) is 3.17. The van der Waals surface area contributed by atoms with Gasteiger partial charge in [0.15, 0.2) is 17.3 Å². The molecule has 4 rings (SSSR count). The second-order valence-electron chi connectivity index (χ2n) is 6.98. The van der Waals surface area contributed by atoms with Gasteiger partial charge in [-0.15, -0.1) is 0 Å².